The Balaban J connectivity index is 0.000000126. The number of nitrogens with zero attached hydrogens (tertiary/aromatic N) is 21. The molecule has 1 aliphatic carbocycles. The zero-order valence-corrected chi connectivity index (χ0v) is 66.2. The predicted molar refractivity (Wildman–Crippen MR) is 433 cm³/mol. The summed E-state index contributed by atoms with van der Waals surface area (Å²) in [5, 5.41) is 79.9. The van der Waals surface area contributed by atoms with Crippen LogP contribution in [0.25, 0.3) is 39.6 Å². The van der Waals surface area contributed by atoms with Gasteiger partial charge in [0.15, 0.2) is 45.6 Å². The summed E-state index contributed by atoms with van der Waals surface area (Å²) in [5.74, 6) is 11.1. The number of carbonyl (C=O) groups excluding carboxylic acids is 1. The van der Waals surface area contributed by atoms with Gasteiger partial charge >= 0.3 is 0 Å². The third-order valence-corrected chi connectivity index (χ3v) is 18.8. The lowest BCUT2D eigenvalue weighted by molar-refractivity contribution is -0.129. The van der Waals surface area contributed by atoms with Crippen LogP contribution in [0.4, 0.5) is 52.4 Å². The lowest BCUT2D eigenvalue weighted by Crippen LogP contribution is -2.38. The second kappa shape index (κ2) is 37.7. The summed E-state index contributed by atoms with van der Waals surface area (Å²) in [7, 11) is 17.3. The van der Waals surface area contributed by atoms with E-state index in [0.29, 0.717) is 139 Å². The van der Waals surface area contributed by atoms with E-state index < -0.39 is 0 Å². The molecule has 15 aromatic rings. The third-order valence-electron chi connectivity index (χ3n) is 17.9. The number of anilines is 9. The van der Waals surface area contributed by atoms with E-state index in [9.17, 15) is 4.79 Å². The van der Waals surface area contributed by atoms with Gasteiger partial charge in [0.1, 0.15) is 39.6 Å². The number of ether oxygens (including phenoxy) is 11. The minimum absolute atomic E-state index is 0.191. The molecular weight excluding hydrogens is 1510 g/mol. The van der Waals surface area contributed by atoms with E-state index in [1.807, 2.05) is 102 Å². The lowest BCUT2D eigenvalue weighted by atomic mass is 9.99. The zero-order valence-electron chi connectivity index (χ0n) is 65.4. The Labute approximate surface area is 668 Å². The minimum atomic E-state index is 0.191. The molecule has 38 nitrogen and oxygen atoms in total. The van der Waals surface area contributed by atoms with Gasteiger partial charge in [0.05, 0.1) is 101 Å². The largest absolute Gasteiger partial charge is 0.497 e. The van der Waals surface area contributed by atoms with E-state index in [-0.39, 0.29) is 5.91 Å². The number of methoxy groups -OCH3 is 11. The number of hydrogen-bond acceptors (Lipinski definition) is 33. The quantitative estimate of drug-likeness (QED) is 0.0332. The van der Waals surface area contributed by atoms with Crippen LogP contribution in [-0.4, -0.2) is 213 Å². The molecule has 0 spiro atoms. The van der Waals surface area contributed by atoms with Gasteiger partial charge in [0, 0.05) is 72.8 Å². The van der Waals surface area contributed by atoms with Crippen LogP contribution in [-0.2, 0) is 4.79 Å². The number of aromatic nitrogens is 20. The molecule has 0 atom stereocenters. The standard InChI is InChI=1S/C19H21N5OS.C15H16N6O.C15H17N5O4.2C14H15N5O3/c1-14-9-11-23(12-10-14)18(25)13-26-17-8-7-16-20-21-19(24(16)22-17)15-5-3-2-4-6-15;1-22-12-5-3-2-4-11(12)17-15-19-18-14-9-8-13(20-21(14)15)16-10-6-7-10;1-21-10-7-9(8-11(22-2)14(10)24-4)16-15-18-17-12-5-6-13(23-3)19-20(12)15;1-20-9-4-5-11(21-2)10(8-9)15-14-17-16-12-6-7-13(22-3)18-19(12)14;1-20-9-4-5-10(11(8-9)21-2)15-14-17-16-12-6-7-13(22-3)18-19(12)14/h2-8,14H,9-13H2,1H3;2-5,8-10H,6-7H2,1H3,(H,16,20)(H,17,19);5-8H,1-4H3,(H,16,18);2*4-8H,1-3H3,(H,15,17). The maximum atomic E-state index is 12.4. The lowest BCUT2D eigenvalue weighted by Gasteiger charge is -2.30. The fraction of sp³-hybridized carbons (Fsp3) is 0.273. The molecule has 116 heavy (non-hydrogen) atoms. The molecule has 39 heteroatoms. The first-order valence-corrected chi connectivity index (χ1v) is 37.1. The molecule has 2 aliphatic rings. The number of rotatable bonds is 25. The van der Waals surface area contributed by atoms with Gasteiger partial charge in [-0.3, -0.25) is 4.79 Å². The summed E-state index contributed by atoms with van der Waals surface area (Å²) < 4.78 is 65.9. The van der Waals surface area contributed by atoms with Crippen LogP contribution in [0.5, 0.6) is 63.6 Å². The van der Waals surface area contributed by atoms with Crippen LogP contribution < -0.4 is 78.7 Å². The highest BCUT2D eigenvalue weighted by molar-refractivity contribution is 7.99. The third kappa shape index (κ3) is 19.1. The topological polar surface area (TPSA) is 397 Å². The number of likely N-dealkylation sites (tertiary alicyclic amines) is 1. The maximum absolute atomic E-state index is 12.4. The Hall–Kier alpha value is -14.5. The second-order valence-corrected chi connectivity index (χ2v) is 26.4. The molecule has 1 aliphatic heterocycles. The molecular formula is C77H84N26O12S. The smallest absolute Gasteiger partial charge is 0.250 e. The Morgan fingerprint density at radius 3 is 1.39 bits per heavy atom. The van der Waals surface area contributed by atoms with Gasteiger partial charge in [-0.05, 0) is 110 Å². The fourth-order valence-corrected chi connectivity index (χ4v) is 12.3. The average molecular weight is 1600 g/mol. The van der Waals surface area contributed by atoms with Crippen LogP contribution in [0.1, 0.15) is 32.6 Å². The molecule has 11 heterocycles. The number of piperidine rings is 1. The monoisotopic (exact) mass is 1600 g/mol. The van der Waals surface area contributed by atoms with Gasteiger partial charge in [-0.15, -0.1) is 71.4 Å². The molecule has 5 aromatic carbocycles. The minimum Gasteiger partial charge on any atom is -0.497 e. The van der Waals surface area contributed by atoms with Gasteiger partial charge < -0.3 is 83.6 Å². The number of benzene rings is 5. The summed E-state index contributed by atoms with van der Waals surface area (Å²) in [6.45, 7) is 3.99. The number of fused-ring (bicyclic) bond motifs is 5. The number of carbonyl (C=O) groups is 1. The van der Waals surface area contributed by atoms with Crippen molar-refractivity contribution in [3.05, 3.63) is 164 Å². The van der Waals surface area contributed by atoms with Crippen molar-refractivity contribution in [1.29, 1.82) is 0 Å². The Kier molecular flexibility index (Phi) is 25.8. The van der Waals surface area contributed by atoms with Gasteiger partial charge in [-0.1, -0.05) is 61.2 Å². The number of nitrogens with one attached hydrogen (secondary N) is 5. The molecule has 1 saturated heterocycles. The van der Waals surface area contributed by atoms with Crippen LogP contribution >= 0.6 is 11.8 Å². The highest BCUT2D eigenvalue weighted by atomic mass is 32.2. The van der Waals surface area contributed by atoms with Crippen molar-refractivity contribution in [1.82, 2.24) is 104 Å². The number of para-hydroxylation sites is 2. The molecule has 2 fully saturated rings. The first-order valence-electron chi connectivity index (χ1n) is 36.2. The summed E-state index contributed by atoms with van der Waals surface area (Å²) >= 11 is 1.47. The first kappa shape index (κ1) is 79.6. The number of amides is 1. The molecule has 0 unspecified atom stereocenters. The van der Waals surface area contributed by atoms with E-state index in [2.05, 4.69) is 110 Å². The van der Waals surface area contributed by atoms with Crippen molar-refractivity contribution in [3.8, 4) is 75.0 Å². The van der Waals surface area contributed by atoms with Gasteiger partial charge in [0.25, 0.3) is 23.8 Å². The Bertz CT molecular complexity index is 5790. The van der Waals surface area contributed by atoms with Crippen molar-refractivity contribution in [2.24, 2.45) is 5.92 Å². The highest BCUT2D eigenvalue weighted by Gasteiger charge is 2.24. The first-order chi connectivity index (χ1) is 56.7. The Morgan fingerprint density at radius 2 is 0.853 bits per heavy atom. The molecule has 600 valence electrons. The van der Waals surface area contributed by atoms with Crippen molar-refractivity contribution < 1.29 is 56.9 Å². The summed E-state index contributed by atoms with van der Waals surface area (Å²) in [6, 6.07) is 50.5. The van der Waals surface area contributed by atoms with Crippen molar-refractivity contribution in [3.63, 3.8) is 0 Å². The average Bonchev–Trinajstić information content (AvgIpc) is 1.62. The number of thioether (sulfide) groups is 1. The van der Waals surface area contributed by atoms with Crippen molar-refractivity contribution in [2.75, 3.05) is 124 Å². The molecule has 5 N–H and O–H groups in total. The molecule has 1 saturated carbocycles. The van der Waals surface area contributed by atoms with Crippen molar-refractivity contribution >= 4 is 98.3 Å². The van der Waals surface area contributed by atoms with Crippen molar-refractivity contribution in [2.45, 2.75) is 43.7 Å². The van der Waals surface area contributed by atoms with Crippen LogP contribution in [0.3, 0.4) is 0 Å². The van der Waals surface area contributed by atoms with E-state index in [1.165, 1.54) is 24.6 Å². The van der Waals surface area contributed by atoms with E-state index >= 15 is 0 Å². The maximum Gasteiger partial charge on any atom is 0.250 e. The van der Waals surface area contributed by atoms with Gasteiger partial charge in [-0.2, -0.15) is 27.7 Å². The highest BCUT2D eigenvalue weighted by Crippen LogP contribution is 2.41. The van der Waals surface area contributed by atoms with Gasteiger partial charge in [-0.25, -0.2) is 0 Å². The molecule has 0 radical (unpaired) electrons. The SMILES string of the molecule is CC1CCN(C(=O)CSc2ccc3nnc(-c4ccccc4)n3n2)CC1.COc1ccc(Nc2nnc3ccc(OC)nn23)c(OC)c1.COc1ccc(OC)c(Nc2nnc3ccc(OC)nn23)c1.COc1ccc2nnc(Nc3cc(OC)c(OC)c(OC)c3)n2n1.COc1ccccc1Nc1nnc2ccc(NC3CC3)nn12. The van der Waals surface area contributed by atoms with Crippen LogP contribution in [0.2, 0.25) is 0 Å². The van der Waals surface area contributed by atoms with E-state index in [0.717, 1.165) is 65.4 Å². The predicted octanol–water partition coefficient (Wildman–Crippen LogP) is 11.3. The second-order valence-electron chi connectivity index (χ2n) is 25.4. The molecule has 0 bridgehead atoms. The fourth-order valence-electron chi connectivity index (χ4n) is 11.6. The summed E-state index contributed by atoms with van der Waals surface area (Å²) in [5.41, 5.74) is 7.08. The number of hydrogen-bond donors (Lipinski definition) is 5. The summed E-state index contributed by atoms with van der Waals surface area (Å²) in [6.07, 6.45) is 4.60. The van der Waals surface area contributed by atoms with Crippen LogP contribution in [0, 0.1) is 5.92 Å². The van der Waals surface area contributed by atoms with E-state index in [1.54, 1.807) is 168 Å². The molecule has 17 rings (SSSR count). The molecule has 10 aromatic heterocycles. The molecule has 1 amide bonds. The van der Waals surface area contributed by atoms with E-state index in [4.69, 9.17) is 52.1 Å². The Morgan fingerprint density at radius 1 is 0.388 bits per heavy atom. The van der Waals surface area contributed by atoms with Crippen LogP contribution in [0.15, 0.2) is 169 Å². The zero-order chi connectivity index (χ0) is 81.0. The summed E-state index contributed by atoms with van der Waals surface area (Å²) in [4.78, 5) is 14.4. The van der Waals surface area contributed by atoms with Gasteiger partial charge in [0.2, 0.25) is 29.3 Å². The normalized spacial score (nSPS) is 12.3.